The highest BCUT2D eigenvalue weighted by Crippen LogP contribution is 2.34. The molecule has 1 aliphatic heterocycles. The predicted octanol–water partition coefficient (Wildman–Crippen LogP) is 6.55. The van der Waals surface area contributed by atoms with Crippen LogP contribution >= 0.6 is 12.2 Å². The first-order valence-corrected chi connectivity index (χ1v) is 11.1. The van der Waals surface area contributed by atoms with Crippen molar-refractivity contribution < 1.29 is 9.15 Å². The van der Waals surface area contributed by atoms with Crippen molar-refractivity contribution in [2.24, 2.45) is 5.92 Å². The lowest BCUT2D eigenvalue weighted by molar-refractivity contribution is -0.0429. The maximum absolute atomic E-state index is 6.06. The van der Waals surface area contributed by atoms with E-state index in [0.717, 1.165) is 42.1 Å². The number of ether oxygens (including phenoxy) is 1. The molecule has 4 nitrogen and oxygen atoms in total. The van der Waals surface area contributed by atoms with Crippen LogP contribution in [0.3, 0.4) is 0 Å². The molecular weight excluding hydrogens is 392 g/mol. The molecule has 4 rings (SSSR count). The molecule has 0 unspecified atom stereocenters. The van der Waals surface area contributed by atoms with Crippen LogP contribution in [0.1, 0.15) is 57.1 Å². The average Bonchev–Trinajstić information content (AvgIpc) is 3.23. The third-order valence-electron chi connectivity index (χ3n) is 6.00. The Bertz CT molecular complexity index is 1050. The van der Waals surface area contributed by atoms with Crippen LogP contribution in [0.2, 0.25) is 0 Å². The zero-order chi connectivity index (χ0) is 21.3. The van der Waals surface area contributed by atoms with Gasteiger partial charge in [-0.25, -0.2) is 4.98 Å². The number of rotatable bonds is 6. The van der Waals surface area contributed by atoms with E-state index in [4.69, 9.17) is 26.4 Å². The summed E-state index contributed by atoms with van der Waals surface area (Å²) >= 11 is 5.68. The highest BCUT2D eigenvalue weighted by atomic mass is 32.1. The molecule has 1 aliphatic rings. The molecule has 0 saturated heterocycles. The normalized spacial score (nSPS) is 16.4. The largest absolute Gasteiger partial charge is 0.469 e. The van der Waals surface area contributed by atoms with Crippen LogP contribution in [0.5, 0.6) is 0 Å². The summed E-state index contributed by atoms with van der Waals surface area (Å²) in [5.41, 5.74) is 3.19. The fourth-order valence-corrected chi connectivity index (χ4v) is 4.59. The summed E-state index contributed by atoms with van der Waals surface area (Å²) in [4.78, 5) is 4.86. The van der Waals surface area contributed by atoms with Gasteiger partial charge < -0.3 is 13.7 Å². The molecule has 3 aromatic rings. The van der Waals surface area contributed by atoms with Gasteiger partial charge in [0, 0.05) is 35.7 Å². The molecule has 0 amide bonds. The van der Waals surface area contributed by atoms with Gasteiger partial charge in [-0.2, -0.15) is 0 Å². The molecule has 0 radical (unpaired) electrons. The van der Waals surface area contributed by atoms with E-state index in [9.17, 15) is 0 Å². The van der Waals surface area contributed by atoms with E-state index in [1.165, 1.54) is 5.69 Å². The number of nitrogens with zero attached hydrogens (tertiary/aromatic N) is 2. The van der Waals surface area contributed by atoms with Gasteiger partial charge >= 0.3 is 0 Å². The number of furan rings is 1. The van der Waals surface area contributed by atoms with Gasteiger partial charge in [-0.1, -0.05) is 56.4 Å². The zero-order valence-electron chi connectivity index (χ0n) is 18.2. The first kappa shape index (κ1) is 21.0. The van der Waals surface area contributed by atoms with Gasteiger partial charge in [0.1, 0.15) is 16.2 Å². The Morgan fingerprint density at radius 3 is 2.57 bits per heavy atom. The summed E-state index contributed by atoms with van der Waals surface area (Å²) in [6.07, 6.45) is 3.56. The lowest BCUT2D eigenvalue weighted by Gasteiger charge is -2.34. The van der Waals surface area contributed by atoms with Crippen molar-refractivity contribution in [1.82, 2.24) is 9.55 Å². The second-order valence-electron chi connectivity index (χ2n) is 9.06. The summed E-state index contributed by atoms with van der Waals surface area (Å²) in [7, 11) is 0. The van der Waals surface area contributed by atoms with E-state index >= 15 is 0 Å². The molecule has 0 fully saturated rings. The van der Waals surface area contributed by atoms with Crippen molar-refractivity contribution in [2.75, 3.05) is 0 Å². The van der Waals surface area contributed by atoms with Crippen molar-refractivity contribution in [3.63, 3.8) is 0 Å². The number of fused-ring (bicyclic) bond motifs is 1. The van der Waals surface area contributed by atoms with Crippen LogP contribution in [-0.4, -0.2) is 15.2 Å². The fourth-order valence-electron chi connectivity index (χ4n) is 4.33. The van der Waals surface area contributed by atoms with Gasteiger partial charge in [0.05, 0.1) is 18.5 Å². The summed E-state index contributed by atoms with van der Waals surface area (Å²) in [5, 5.41) is 0. The Labute approximate surface area is 183 Å². The third kappa shape index (κ3) is 4.28. The minimum atomic E-state index is -0.218. The van der Waals surface area contributed by atoms with Gasteiger partial charge in [-0.15, -0.1) is 0 Å². The van der Waals surface area contributed by atoms with E-state index in [2.05, 4.69) is 62.6 Å². The quantitative estimate of drug-likeness (QED) is 0.422. The van der Waals surface area contributed by atoms with Crippen LogP contribution in [0.15, 0.2) is 53.1 Å². The van der Waals surface area contributed by atoms with Gasteiger partial charge in [0.2, 0.25) is 0 Å². The second-order valence-corrected chi connectivity index (χ2v) is 9.45. The van der Waals surface area contributed by atoms with Crippen LogP contribution in [-0.2, 0) is 24.3 Å². The van der Waals surface area contributed by atoms with Crippen molar-refractivity contribution in [3.8, 4) is 11.4 Å². The van der Waals surface area contributed by atoms with Crippen LogP contribution in [0.4, 0.5) is 0 Å². The molecule has 1 aromatic carbocycles. The number of benzene rings is 1. The maximum Gasteiger partial charge on any atom is 0.141 e. The first-order valence-electron chi connectivity index (χ1n) is 10.7. The molecule has 158 valence electrons. The number of aromatic nitrogens is 2. The summed E-state index contributed by atoms with van der Waals surface area (Å²) in [6.45, 7) is 10.2. The van der Waals surface area contributed by atoms with E-state index in [1.54, 1.807) is 6.26 Å². The van der Waals surface area contributed by atoms with E-state index in [-0.39, 0.29) is 5.60 Å². The third-order valence-corrected chi connectivity index (χ3v) is 6.34. The van der Waals surface area contributed by atoms with Gasteiger partial charge in [0.25, 0.3) is 0 Å². The lowest BCUT2D eigenvalue weighted by atomic mass is 9.89. The van der Waals surface area contributed by atoms with E-state index in [1.807, 2.05) is 12.1 Å². The molecule has 0 aliphatic carbocycles. The maximum atomic E-state index is 6.06. The molecule has 3 heterocycles. The van der Waals surface area contributed by atoms with Crippen molar-refractivity contribution >= 4 is 12.2 Å². The average molecular weight is 423 g/mol. The monoisotopic (exact) mass is 422 g/mol. The Morgan fingerprint density at radius 2 is 1.90 bits per heavy atom. The Hall–Kier alpha value is -2.24. The highest BCUT2D eigenvalue weighted by Gasteiger charge is 2.31. The topological polar surface area (TPSA) is 40.2 Å². The molecule has 0 spiro atoms. The summed E-state index contributed by atoms with van der Waals surface area (Å²) in [6, 6.07) is 14.4. The minimum absolute atomic E-state index is 0.218. The van der Waals surface area contributed by atoms with Crippen molar-refractivity contribution in [2.45, 2.75) is 65.2 Å². The summed E-state index contributed by atoms with van der Waals surface area (Å²) < 4.78 is 14.9. The predicted molar refractivity (Wildman–Crippen MR) is 122 cm³/mol. The van der Waals surface area contributed by atoms with Crippen molar-refractivity contribution in [3.05, 3.63) is 70.4 Å². The molecular formula is C25H30N2O2S. The summed E-state index contributed by atoms with van der Waals surface area (Å²) in [5.74, 6) is 2.83. The minimum Gasteiger partial charge on any atom is -0.469 e. The SMILES string of the molecule is CC(C)[C@H](CCn1c(-c2ccccc2)nc(=S)c2c1CC(C)(C)OC2)c1ccco1. The Balaban J connectivity index is 1.79. The zero-order valence-corrected chi connectivity index (χ0v) is 19.0. The smallest absolute Gasteiger partial charge is 0.141 e. The standard InChI is InChI=1S/C25H30N2O2S/c1-17(2)19(22-11-8-14-28-22)12-13-27-21-15-25(3,4)29-16-20(21)24(30)26-23(27)18-9-6-5-7-10-18/h5-11,14,17,19H,12-13,15-16H2,1-4H3/t19-/m0/s1. The Morgan fingerprint density at radius 1 is 1.13 bits per heavy atom. The fraction of sp³-hybridized carbons (Fsp3) is 0.440. The van der Waals surface area contributed by atoms with Gasteiger partial charge in [0.15, 0.2) is 0 Å². The molecule has 0 bridgehead atoms. The number of hydrogen-bond acceptors (Lipinski definition) is 4. The van der Waals surface area contributed by atoms with Gasteiger partial charge in [-0.3, -0.25) is 0 Å². The molecule has 0 N–H and O–H groups in total. The van der Waals surface area contributed by atoms with E-state index < -0.39 is 0 Å². The molecule has 2 aromatic heterocycles. The van der Waals surface area contributed by atoms with Crippen molar-refractivity contribution in [1.29, 1.82) is 0 Å². The Kier molecular flexibility index (Phi) is 5.94. The molecule has 5 heteroatoms. The van der Waals surface area contributed by atoms with Crippen LogP contribution in [0.25, 0.3) is 11.4 Å². The van der Waals surface area contributed by atoms with Crippen LogP contribution < -0.4 is 0 Å². The van der Waals surface area contributed by atoms with Gasteiger partial charge in [-0.05, 0) is 38.3 Å². The number of hydrogen-bond donors (Lipinski definition) is 0. The highest BCUT2D eigenvalue weighted by molar-refractivity contribution is 7.71. The molecule has 1 atom stereocenters. The van der Waals surface area contributed by atoms with Crippen LogP contribution in [0, 0.1) is 10.6 Å². The van der Waals surface area contributed by atoms with E-state index in [0.29, 0.717) is 23.1 Å². The molecule has 30 heavy (non-hydrogen) atoms. The molecule has 0 saturated carbocycles. The lowest BCUT2D eigenvalue weighted by Crippen LogP contribution is -2.35. The second kappa shape index (κ2) is 8.48. The first-order chi connectivity index (χ1) is 14.4.